The molecule has 10 nitrogen and oxygen atoms in total. The van der Waals surface area contributed by atoms with E-state index in [2.05, 4.69) is 5.32 Å². The normalized spacial score (nSPS) is 26.7. The number of carbonyl (C=O) groups excluding carboxylic acids is 3. The molecule has 2 aromatic carbocycles. The highest BCUT2D eigenvalue weighted by Gasteiger charge is 2.64. The Kier molecular flexibility index (Phi) is 5.43. The number of aromatic nitrogens is 2. The van der Waals surface area contributed by atoms with Crippen LogP contribution in [0.5, 0.6) is 0 Å². The second kappa shape index (κ2) is 8.49. The van der Waals surface area contributed by atoms with E-state index in [1.165, 1.54) is 11.5 Å². The van der Waals surface area contributed by atoms with Crippen LogP contribution >= 0.6 is 0 Å². The van der Waals surface area contributed by atoms with E-state index in [-0.39, 0.29) is 24.1 Å². The van der Waals surface area contributed by atoms with E-state index >= 15 is 0 Å². The van der Waals surface area contributed by atoms with Crippen LogP contribution in [0, 0.1) is 5.92 Å². The molecule has 0 aliphatic carbocycles. The Labute approximate surface area is 218 Å². The third-order valence-corrected chi connectivity index (χ3v) is 7.69. The monoisotopic (exact) mass is 516 g/mol. The van der Waals surface area contributed by atoms with Gasteiger partial charge in [-0.25, -0.2) is 9.78 Å². The molecule has 5 atom stereocenters. The van der Waals surface area contributed by atoms with Crippen molar-refractivity contribution < 1.29 is 23.9 Å². The van der Waals surface area contributed by atoms with E-state index in [0.29, 0.717) is 22.2 Å². The van der Waals surface area contributed by atoms with Gasteiger partial charge in [-0.05, 0) is 31.0 Å². The lowest BCUT2D eigenvalue weighted by atomic mass is 9.88. The molecular formula is C28H28N4O6. The van der Waals surface area contributed by atoms with Gasteiger partial charge in [-0.2, -0.15) is 0 Å². The maximum atomic E-state index is 14.0. The second-order valence-corrected chi connectivity index (χ2v) is 10.5. The predicted octanol–water partition coefficient (Wildman–Crippen LogP) is 2.70. The highest BCUT2D eigenvalue weighted by molar-refractivity contribution is 6.03. The minimum Gasteiger partial charge on any atom is -0.454 e. The van der Waals surface area contributed by atoms with Crippen LogP contribution in [0.4, 0.5) is 5.69 Å². The summed E-state index contributed by atoms with van der Waals surface area (Å²) in [4.78, 5) is 59.1. The van der Waals surface area contributed by atoms with Gasteiger partial charge in [0.1, 0.15) is 12.2 Å². The first kappa shape index (κ1) is 24.3. The second-order valence-electron chi connectivity index (χ2n) is 10.5. The quantitative estimate of drug-likeness (QED) is 0.526. The number of fused-ring (bicyclic) bond motifs is 6. The van der Waals surface area contributed by atoms with Crippen LogP contribution in [0.25, 0.3) is 10.9 Å². The third-order valence-electron chi connectivity index (χ3n) is 7.69. The summed E-state index contributed by atoms with van der Waals surface area (Å²) in [7, 11) is 0. The number of ether oxygens (including phenoxy) is 2. The molecule has 2 saturated heterocycles. The Hall–Kier alpha value is -4.05. The smallest absolute Gasteiger partial charge is 0.330 e. The van der Waals surface area contributed by atoms with Gasteiger partial charge >= 0.3 is 11.9 Å². The number of esters is 2. The summed E-state index contributed by atoms with van der Waals surface area (Å²) in [5, 5.41) is 3.63. The molecule has 0 saturated carbocycles. The Morgan fingerprint density at radius 3 is 2.58 bits per heavy atom. The number of para-hydroxylation sites is 2. The van der Waals surface area contributed by atoms with Crippen molar-refractivity contribution in [3.05, 3.63) is 70.3 Å². The van der Waals surface area contributed by atoms with Gasteiger partial charge in [0.25, 0.3) is 5.56 Å². The molecule has 1 aromatic heterocycles. The zero-order valence-corrected chi connectivity index (χ0v) is 21.5. The molecule has 1 spiro atoms. The topological polar surface area (TPSA) is 120 Å². The number of hydrogen-bond donors (Lipinski definition) is 1. The zero-order chi connectivity index (χ0) is 26.9. The van der Waals surface area contributed by atoms with Gasteiger partial charge in [-0.15, -0.1) is 0 Å². The molecule has 2 fully saturated rings. The SMILES string of the molecule is CC(=O)O[C@H](c1nc2ccccc2c(=O)n1C1C[C@]2(OC1=O)c1ccccc1N1C(=O)[C@H](C)N[C@H]12)C(C)C. The van der Waals surface area contributed by atoms with E-state index < -0.39 is 47.5 Å². The summed E-state index contributed by atoms with van der Waals surface area (Å²) in [6.07, 6.45) is -1.39. The number of nitrogens with one attached hydrogen (secondary N) is 1. The molecule has 0 radical (unpaired) electrons. The van der Waals surface area contributed by atoms with E-state index in [0.717, 1.165) is 0 Å². The van der Waals surface area contributed by atoms with Gasteiger partial charge in [0.15, 0.2) is 17.5 Å². The van der Waals surface area contributed by atoms with Gasteiger partial charge in [0.05, 0.1) is 22.6 Å². The van der Waals surface area contributed by atoms with Crippen molar-refractivity contribution in [3.8, 4) is 0 Å². The number of hydrogen-bond acceptors (Lipinski definition) is 8. The molecule has 1 N–H and O–H groups in total. The van der Waals surface area contributed by atoms with Crippen LogP contribution in [0.2, 0.25) is 0 Å². The first-order chi connectivity index (χ1) is 18.1. The number of rotatable bonds is 4. The first-order valence-corrected chi connectivity index (χ1v) is 12.7. The minimum atomic E-state index is -1.20. The molecule has 3 aliphatic rings. The number of amides is 1. The number of nitrogens with zero attached hydrogens (tertiary/aromatic N) is 3. The average molecular weight is 517 g/mol. The molecule has 38 heavy (non-hydrogen) atoms. The van der Waals surface area contributed by atoms with Crippen molar-refractivity contribution in [2.45, 2.75) is 64.1 Å². The van der Waals surface area contributed by atoms with Gasteiger partial charge in [-0.3, -0.25) is 29.2 Å². The lowest BCUT2D eigenvalue weighted by molar-refractivity contribution is -0.152. The van der Waals surface area contributed by atoms with E-state index in [9.17, 15) is 19.2 Å². The lowest BCUT2D eigenvalue weighted by Gasteiger charge is -2.30. The van der Waals surface area contributed by atoms with Crippen molar-refractivity contribution in [2.24, 2.45) is 5.92 Å². The Morgan fingerprint density at radius 2 is 1.84 bits per heavy atom. The molecule has 196 valence electrons. The van der Waals surface area contributed by atoms with Crippen LogP contribution in [-0.4, -0.2) is 39.6 Å². The Balaban J connectivity index is 1.55. The standard InChI is InChI=1S/C28H28N4O6/c1-14(2)22(37-16(4)33)23-30-19-11-7-5-9-17(19)25(35)31(23)21-13-28(38-26(21)36)18-10-6-8-12-20(18)32-24(34)15(3)29-27(28)32/h5-12,14-15,21-22,27,29H,13H2,1-4H3/t15-,21?,22-,27+,28-/m0/s1. The first-order valence-electron chi connectivity index (χ1n) is 12.7. The van der Waals surface area contributed by atoms with Crippen LogP contribution in [0.15, 0.2) is 53.3 Å². The van der Waals surface area contributed by atoms with Crippen molar-refractivity contribution in [3.63, 3.8) is 0 Å². The zero-order valence-electron chi connectivity index (χ0n) is 21.5. The molecule has 6 rings (SSSR count). The van der Waals surface area contributed by atoms with E-state index in [1.807, 2.05) is 38.1 Å². The van der Waals surface area contributed by atoms with Crippen molar-refractivity contribution >= 4 is 34.4 Å². The van der Waals surface area contributed by atoms with Crippen LogP contribution in [-0.2, 0) is 29.5 Å². The van der Waals surface area contributed by atoms with Crippen molar-refractivity contribution in [2.75, 3.05) is 4.90 Å². The Bertz CT molecular complexity index is 1560. The van der Waals surface area contributed by atoms with Gasteiger partial charge in [-0.1, -0.05) is 44.2 Å². The number of carbonyl (C=O) groups is 3. The summed E-state index contributed by atoms with van der Waals surface area (Å²) in [5.41, 5.74) is 0.205. The molecule has 0 bridgehead atoms. The summed E-state index contributed by atoms with van der Waals surface area (Å²) in [6, 6.07) is 12.7. The van der Waals surface area contributed by atoms with Crippen LogP contribution in [0.3, 0.4) is 0 Å². The number of anilines is 1. The fraction of sp³-hybridized carbons (Fsp3) is 0.393. The molecule has 10 heteroatoms. The fourth-order valence-corrected chi connectivity index (χ4v) is 6.03. The molecule has 3 aromatic rings. The minimum absolute atomic E-state index is 0.0921. The van der Waals surface area contributed by atoms with Crippen molar-refractivity contribution in [1.29, 1.82) is 0 Å². The summed E-state index contributed by atoms with van der Waals surface area (Å²) >= 11 is 0. The summed E-state index contributed by atoms with van der Waals surface area (Å²) in [5.74, 6) is -1.29. The molecule has 4 heterocycles. The molecule has 3 aliphatic heterocycles. The van der Waals surface area contributed by atoms with Crippen LogP contribution < -0.4 is 15.8 Å². The predicted molar refractivity (Wildman–Crippen MR) is 137 cm³/mol. The maximum absolute atomic E-state index is 14.0. The highest BCUT2D eigenvalue weighted by Crippen LogP contribution is 2.55. The fourth-order valence-electron chi connectivity index (χ4n) is 6.03. The third kappa shape index (κ3) is 3.32. The van der Waals surface area contributed by atoms with Crippen molar-refractivity contribution in [1.82, 2.24) is 14.9 Å². The summed E-state index contributed by atoms with van der Waals surface area (Å²) in [6.45, 7) is 6.78. The van der Waals surface area contributed by atoms with Gasteiger partial charge in [0, 0.05) is 18.9 Å². The Morgan fingerprint density at radius 1 is 1.13 bits per heavy atom. The summed E-state index contributed by atoms with van der Waals surface area (Å²) < 4.78 is 13.1. The average Bonchev–Trinajstić information content (AvgIpc) is 3.47. The van der Waals surface area contributed by atoms with E-state index in [4.69, 9.17) is 14.5 Å². The van der Waals surface area contributed by atoms with Crippen LogP contribution in [0.1, 0.15) is 57.6 Å². The van der Waals surface area contributed by atoms with Gasteiger partial charge < -0.3 is 9.47 Å². The molecular weight excluding hydrogens is 488 g/mol. The van der Waals surface area contributed by atoms with Gasteiger partial charge in [0.2, 0.25) is 5.91 Å². The number of benzene rings is 2. The molecule has 1 unspecified atom stereocenters. The highest BCUT2D eigenvalue weighted by atomic mass is 16.6. The molecule has 1 amide bonds. The maximum Gasteiger partial charge on any atom is 0.330 e. The van der Waals surface area contributed by atoms with E-state index in [1.54, 1.807) is 36.1 Å². The lowest BCUT2D eigenvalue weighted by Crippen LogP contribution is -2.49. The largest absolute Gasteiger partial charge is 0.454 e.